The zero-order valence-corrected chi connectivity index (χ0v) is 10.4. The fourth-order valence-electron chi connectivity index (χ4n) is 1.42. The lowest BCUT2D eigenvalue weighted by Gasteiger charge is -2.07. The van der Waals surface area contributed by atoms with E-state index < -0.39 is 0 Å². The molecule has 0 radical (unpaired) electrons. The molecule has 0 fully saturated rings. The van der Waals surface area contributed by atoms with Gasteiger partial charge >= 0.3 is 5.97 Å². The Morgan fingerprint density at radius 2 is 2.06 bits per heavy atom. The van der Waals surface area contributed by atoms with E-state index in [1.165, 1.54) is 6.07 Å². The van der Waals surface area contributed by atoms with Gasteiger partial charge in [0.2, 0.25) is 0 Å². The second-order valence-corrected chi connectivity index (χ2v) is 4.49. The van der Waals surface area contributed by atoms with Crippen molar-refractivity contribution in [2.75, 3.05) is 6.61 Å². The maximum Gasteiger partial charge on any atom is 0.306 e. The minimum absolute atomic E-state index is 0.235. The van der Waals surface area contributed by atoms with Crippen LogP contribution < -0.4 is 0 Å². The summed E-state index contributed by atoms with van der Waals surface area (Å²) in [5.41, 5.74) is 0.563. The molecule has 0 aromatic heterocycles. The summed E-state index contributed by atoms with van der Waals surface area (Å²) in [5.74, 6) is 0.00533. The summed E-state index contributed by atoms with van der Waals surface area (Å²) in [6, 6.07) is 6.50. The summed E-state index contributed by atoms with van der Waals surface area (Å²) in [6.45, 7) is 4.61. The molecule has 0 bridgehead atoms. The van der Waals surface area contributed by atoms with Crippen molar-refractivity contribution < 1.29 is 13.9 Å². The summed E-state index contributed by atoms with van der Waals surface area (Å²) in [5, 5.41) is 0. The molecule has 3 heteroatoms. The van der Waals surface area contributed by atoms with Crippen LogP contribution in [0.2, 0.25) is 0 Å². The number of aryl methyl sites for hydroxylation is 1. The van der Waals surface area contributed by atoms with E-state index in [-0.39, 0.29) is 18.2 Å². The fraction of sp³-hybridized carbons (Fsp3) is 0.500. The molecule has 1 aromatic rings. The van der Waals surface area contributed by atoms with E-state index in [0.717, 1.165) is 6.42 Å². The summed E-state index contributed by atoms with van der Waals surface area (Å²) < 4.78 is 18.3. The fourth-order valence-corrected chi connectivity index (χ4v) is 1.42. The van der Waals surface area contributed by atoms with Crippen molar-refractivity contribution in [2.45, 2.75) is 33.1 Å². The molecule has 17 heavy (non-hydrogen) atoms. The van der Waals surface area contributed by atoms with Crippen molar-refractivity contribution in [3.63, 3.8) is 0 Å². The van der Waals surface area contributed by atoms with Gasteiger partial charge < -0.3 is 4.74 Å². The number of hydrogen-bond donors (Lipinski definition) is 0. The van der Waals surface area contributed by atoms with Gasteiger partial charge in [-0.1, -0.05) is 32.0 Å². The number of hydrogen-bond acceptors (Lipinski definition) is 2. The minimum atomic E-state index is -0.262. The molecule has 2 nitrogen and oxygen atoms in total. The Kier molecular flexibility index (Phi) is 5.67. The van der Waals surface area contributed by atoms with Crippen molar-refractivity contribution in [2.24, 2.45) is 5.92 Å². The first-order valence-corrected chi connectivity index (χ1v) is 5.98. The maximum absolute atomic E-state index is 13.2. The lowest BCUT2D eigenvalue weighted by Crippen LogP contribution is -2.09. The van der Waals surface area contributed by atoms with Crippen molar-refractivity contribution in [3.05, 3.63) is 35.6 Å². The molecule has 0 aliphatic heterocycles. The highest BCUT2D eigenvalue weighted by Gasteiger charge is 2.06. The van der Waals surface area contributed by atoms with Gasteiger partial charge in [0.15, 0.2) is 0 Å². The monoisotopic (exact) mass is 238 g/mol. The van der Waals surface area contributed by atoms with E-state index in [4.69, 9.17) is 4.74 Å². The van der Waals surface area contributed by atoms with Gasteiger partial charge in [0.1, 0.15) is 5.82 Å². The molecule has 0 heterocycles. The number of halogens is 1. The Morgan fingerprint density at radius 1 is 1.35 bits per heavy atom. The molecule has 0 saturated heterocycles. The van der Waals surface area contributed by atoms with Crippen molar-refractivity contribution in [1.29, 1.82) is 0 Å². The van der Waals surface area contributed by atoms with Gasteiger partial charge in [0.25, 0.3) is 0 Å². The van der Waals surface area contributed by atoms with Gasteiger partial charge in [-0.25, -0.2) is 4.39 Å². The van der Waals surface area contributed by atoms with Crippen LogP contribution >= 0.6 is 0 Å². The molecule has 1 aromatic carbocycles. The van der Waals surface area contributed by atoms with Crippen LogP contribution in [0.1, 0.15) is 32.3 Å². The quantitative estimate of drug-likeness (QED) is 0.710. The van der Waals surface area contributed by atoms with E-state index in [0.29, 0.717) is 24.5 Å². The lowest BCUT2D eigenvalue weighted by molar-refractivity contribution is -0.143. The number of rotatable bonds is 6. The topological polar surface area (TPSA) is 26.3 Å². The zero-order chi connectivity index (χ0) is 12.7. The largest absolute Gasteiger partial charge is 0.466 e. The molecule has 0 atom stereocenters. The van der Waals surface area contributed by atoms with Gasteiger partial charge in [-0.2, -0.15) is 0 Å². The molecule has 0 unspecified atom stereocenters. The van der Waals surface area contributed by atoms with Gasteiger partial charge in [0, 0.05) is 6.42 Å². The van der Waals surface area contributed by atoms with Crippen LogP contribution in [0.5, 0.6) is 0 Å². The first-order valence-electron chi connectivity index (χ1n) is 5.98. The molecule has 1 rings (SSSR count). The Bertz CT molecular complexity index is 361. The molecule has 0 spiro atoms. The minimum Gasteiger partial charge on any atom is -0.466 e. The Morgan fingerprint density at radius 3 is 2.71 bits per heavy atom. The van der Waals surface area contributed by atoms with E-state index in [2.05, 4.69) is 13.8 Å². The molecule has 0 amide bonds. The van der Waals surface area contributed by atoms with Crippen molar-refractivity contribution >= 4 is 5.97 Å². The van der Waals surface area contributed by atoms with Crippen molar-refractivity contribution in [3.8, 4) is 0 Å². The average Bonchev–Trinajstić information content (AvgIpc) is 2.27. The highest BCUT2D eigenvalue weighted by atomic mass is 19.1. The number of carbonyl (C=O) groups excluding carboxylic acids is 1. The predicted octanol–water partition coefficient (Wildman–Crippen LogP) is 3.35. The highest BCUT2D eigenvalue weighted by molar-refractivity contribution is 5.69. The van der Waals surface area contributed by atoms with Crippen LogP contribution in [0.3, 0.4) is 0 Å². The van der Waals surface area contributed by atoms with E-state index >= 15 is 0 Å². The molecule has 0 saturated carbocycles. The number of benzene rings is 1. The average molecular weight is 238 g/mol. The SMILES string of the molecule is CC(C)CCOC(=O)CCc1ccccc1F. The Labute approximate surface area is 102 Å². The Hall–Kier alpha value is -1.38. The van der Waals surface area contributed by atoms with E-state index in [1.54, 1.807) is 18.2 Å². The van der Waals surface area contributed by atoms with E-state index in [1.807, 2.05) is 0 Å². The second-order valence-electron chi connectivity index (χ2n) is 4.49. The normalized spacial score (nSPS) is 10.6. The summed E-state index contributed by atoms with van der Waals surface area (Å²) in [4.78, 5) is 11.4. The molecule has 0 aliphatic carbocycles. The summed E-state index contributed by atoms with van der Waals surface area (Å²) in [6.07, 6.45) is 1.50. The van der Waals surface area contributed by atoms with Crippen LogP contribution in [0.15, 0.2) is 24.3 Å². The third-order valence-electron chi connectivity index (χ3n) is 2.51. The molecule has 94 valence electrons. The van der Waals surface area contributed by atoms with Crippen LogP contribution in [0.4, 0.5) is 4.39 Å². The third kappa shape index (κ3) is 5.48. The van der Waals surface area contributed by atoms with Crippen LogP contribution in [-0.2, 0) is 16.0 Å². The van der Waals surface area contributed by atoms with Crippen LogP contribution in [0.25, 0.3) is 0 Å². The van der Waals surface area contributed by atoms with Gasteiger partial charge in [-0.15, -0.1) is 0 Å². The number of carbonyl (C=O) groups is 1. The first kappa shape index (κ1) is 13.7. The zero-order valence-electron chi connectivity index (χ0n) is 10.4. The lowest BCUT2D eigenvalue weighted by atomic mass is 10.1. The highest BCUT2D eigenvalue weighted by Crippen LogP contribution is 2.09. The predicted molar refractivity (Wildman–Crippen MR) is 65.1 cm³/mol. The number of ether oxygens (including phenoxy) is 1. The third-order valence-corrected chi connectivity index (χ3v) is 2.51. The maximum atomic E-state index is 13.2. The van der Waals surface area contributed by atoms with Gasteiger partial charge in [-0.3, -0.25) is 4.79 Å². The summed E-state index contributed by atoms with van der Waals surface area (Å²) in [7, 11) is 0. The van der Waals surface area contributed by atoms with Crippen LogP contribution in [-0.4, -0.2) is 12.6 Å². The van der Waals surface area contributed by atoms with Gasteiger partial charge in [0.05, 0.1) is 6.61 Å². The van der Waals surface area contributed by atoms with Gasteiger partial charge in [-0.05, 0) is 30.4 Å². The first-order chi connectivity index (χ1) is 8.09. The Balaban J connectivity index is 2.26. The van der Waals surface area contributed by atoms with E-state index in [9.17, 15) is 9.18 Å². The van der Waals surface area contributed by atoms with Crippen molar-refractivity contribution in [1.82, 2.24) is 0 Å². The molecular formula is C14H19FO2. The smallest absolute Gasteiger partial charge is 0.306 e. The second kappa shape index (κ2) is 7.05. The number of esters is 1. The molecule has 0 aliphatic rings. The summed E-state index contributed by atoms with van der Waals surface area (Å²) >= 11 is 0. The standard InChI is InChI=1S/C14H19FO2/c1-11(2)9-10-17-14(16)8-7-12-5-3-4-6-13(12)15/h3-6,11H,7-10H2,1-2H3. The molecule has 0 N–H and O–H groups in total. The van der Waals surface area contributed by atoms with Crippen LogP contribution in [0, 0.1) is 11.7 Å². The molecular weight excluding hydrogens is 219 g/mol.